The van der Waals surface area contributed by atoms with Gasteiger partial charge in [-0.2, -0.15) is 0 Å². The Morgan fingerprint density at radius 3 is 2.35 bits per heavy atom. The lowest BCUT2D eigenvalue weighted by Crippen LogP contribution is -2.43. The number of carbonyl (C=O) groups excluding carboxylic acids is 2. The number of hydrogen-bond donors (Lipinski definition) is 2. The van der Waals surface area contributed by atoms with Crippen LogP contribution >= 0.6 is 11.6 Å². The normalized spacial score (nSPS) is 12.3. The van der Waals surface area contributed by atoms with Crippen LogP contribution in [0.4, 0.5) is 4.79 Å². The Kier molecular flexibility index (Phi) is 8.80. The maximum atomic E-state index is 11.2. The van der Waals surface area contributed by atoms with E-state index in [4.69, 9.17) is 11.6 Å². The zero-order valence-electron chi connectivity index (χ0n) is 10.8. The number of alkyl halides is 1. The standard InChI is InChI=1S/C11H22ClN3O2/c1-4-15(5-2)8-6-7-13-11(17)14-10(16)9(3)12/h9H,4-8H2,1-3H3,(H2,13,14,16,17). The fourth-order valence-electron chi connectivity index (χ4n) is 1.30. The monoisotopic (exact) mass is 263 g/mol. The maximum Gasteiger partial charge on any atom is 0.321 e. The van der Waals surface area contributed by atoms with E-state index in [0.717, 1.165) is 26.1 Å². The number of urea groups is 1. The van der Waals surface area contributed by atoms with Gasteiger partial charge < -0.3 is 10.2 Å². The molecule has 0 aliphatic carbocycles. The summed E-state index contributed by atoms with van der Waals surface area (Å²) >= 11 is 5.51. The van der Waals surface area contributed by atoms with Crippen LogP contribution in [0.2, 0.25) is 0 Å². The van der Waals surface area contributed by atoms with Gasteiger partial charge in [-0.05, 0) is 33.0 Å². The smallest absolute Gasteiger partial charge is 0.321 e. The Morgan fingerprint density at radius 1 is 1.29 bits per heavy atom. The third-order valence-electron chi connectivity index (χ3n) is 2.43. The van der Waals surface area contributed by atoms with Gasteiger partial charge in [-0.1, -0.05) is 13.8 Å². The SMILES string of the molecule is CCN(CC)CCCNC(=O)NC(=O)C(C)Cl. The van der Waals surface area contributed by atoms with Crippen molar-refractivity contribution >= 4 is 23.5 Å². The minimum Gasteiger partial charge on any atom is -0.338 e. The molecule has 2 N–H and O–H groups in total. The summed E-state index contributed by atoms with van der Waals surface area (Å²) in [6.45, 7) is 9.22. The molecule has 0 fully saturated rings. The lowest BCUT2D eigenvalue weighted by molar-refractivity contribution is -0.119. The van der Waals surface area contributed by atoms with Gasteiger partial charge in [-0.25, -0.2) is 4.79 Å². The lowest BCUT2D eigenvalue weighted by Gasteiger charge is -2.17. The summed E-state index contributed by atoms with van der Waals surface area (Å²) in [6, 6.07) is -0.484. The van der Waals surface area contributed by atoms with E-state index in [-0.39, 0.29) is 0 Å². The molecule has 0 aromatic rings. The molecule has 3 amide bonds. The Labute approximate surface area is 108 Å². The predicted molar refractivity (Wildman–Crippen MR) is 69.3 cm³/mol. The summed E-state index contributed by atoms with van der Waals surface area (Å²) < 4.78 is 0. The van der Waals surface area contributed by atoms with Crippen molar-refractivity contribution in [2.45, 2.75) is 32.6 Å². The summed E-state index contributed by atoms with van der Waals surface area (Å²) in [5, 5.41) is 4.08. The number of halogens is 1. The Hall–Kier alpha value is -0.810. The summed E-state index contributed by atoms with van der Waals surface area (Å²) in [5.74, 6) is -0.479. The molecule has 0 saturated carbocycles. The van der Waals surface area contributed by atoms with Crippen LogP contribution in [-0.2, 0) is 4.79 Å². The van der Waals surface area contributed by atoms with Gasteiger partial charge >= 0.3 is 6.03 Å². The summed E-state index contributed by atoms with van der Waals surface area (Å²) in [6.07, 6.45) is 0.861. The highest BCUT2D eigenvalue weighted by Gasteiger charge is 2.12. The molecule has 0 rings (SSSR count). The molecule has 0 aliphatic heterocycles. The van der Waals surface area contributed by atoms with Crippen molar-refractivity contribution in [3.8, 4) is 0 Å². The van der Waals surface area contributed by atoms with Gasteiger partial charge in [0.25, 0.3) is 0 Å². The van der Waals surface area contributed by atoms with Crippen molar-refractivity contribution in [2.24, 2.45) is 0 Å². The molecule has 1 atom stereocenters. The molecule has 6 heteroatoms. The van der Waals surface area contributed by atoms with Gasteiger partial charge in [-0.15, -0.1) is 11.6 Å². The molecular formula is C11H22ClN3O2. The Morgan fingerprint density at radius 2 is 1.88 bits per heavy atom. The summed E-state index contributed by atoms with van der Waals surface area (Å²) in [7, 11) is 0. The fraction of sp³-hybridized carbons (Fsp3) is 0.818. The first kappa shape index (κ1) is 16.2. The average molecular weight is 264 g/mol. The average Bonchev–Trinajstić information content (AvgIpc) is 2.29. The van der Waals surface area contributed by atoms with Gasteiger partial charge in [-0.3, -0.25) is 10.1 Å². The molecule has 0 radical (unpaired) electrons. The molecule has 17 heavy (non-hydrogen) atoms. The van der Waals surface area contributed by atoms with Crippen molar-refractivity contribution < 1.29 is 9.59 Å². The largest absolute Gasteiger partial charge is 0.338 e. The lowest BCUT2D eigenvalue weighted by atomic mass is 10.3. The number of nitrogens with one attached hydrogen (secondary N) is 2. The minimum atomic E-state index is -0.698. The first-order valence-electron chi connectivity index (χ1n) is 5.96. The van der Waals surface area contributed by atoms with Gasteiger partial charge in [0.1, 0.15) is 5.38 Å². The maximum absolute atomic E-state index is 11.2. The highest BCUT2D eigenvalue weighted by atomic mass is 35.5. The van der Waals surface area contributed by atoms with Crippen molar-refractivity contribution in [3.05, 3.63) is 0 Å². The third-order valence-corrected chi connectivity index (χ3v) is 2.63. The van der Waals surface area contributed by atoms with Crippen LogP contribution < -0.4 is 10.6 Å². The minimum absolute atomic E-state index is 0.479. The van der Waals surface area contributed by atoms with Crippen LogP contribution in [0.15, 0.2) is 0 Å². The van der Waals surface area contributed by atoms with Crippen LogP contribution in [0.1, 0.15) is 27.2 Å². The first-order valence-corrected chi connectivity index (χ1v) is 6.40. The van der Waals surface area contributed by atoms with Gasteiger partial charge in [0.05, 0.1) is 0 Å². The second kappa shape index (κ2) is 9.24. The first-order chi connectivity index (χ1) is 8.01. The van der Waals surface area contributed by atoms with Crippen molar-refractivity contribution in [2.75, 3.05) is 26.2 Å². The van der Waals surface area contributed by atoms with E-state index in [2.05, 4.69) is 29.4 Å². The highest BCUT2D eigenvalue weighted by molar-refractivity contribution is 6.31. The predicted octanol–water partition coefficient (Wildman–Crippen LogP) is 1.17. The van der Waals surface area contributed by atoms with Crippen LogP contribution in [0.5, 0.6) is 0 Å². The van der Waals surface area contributed by atoms with Crippen molar-refractivity contribution in [3.63, 3.8) is 0 Å². The second-order valence-corrected chi connectivity index (χ2v) is 4.40. The molecule has 0 aromatic carbocycles. The molecular weight excluding hydrogens is 242 g/mol. The van der Waals surface area contributed by atoms with Crippen LogP contribution in [-0.4, -0.2) is 48.4 Å². The van der Waals surface area contributed by atoms with E-state index >= 15 is 0 Å². The van der Waals surface area contributed by atoms with E-state index in [9.17, 15) is 9.59 Å². The molecule has 0 aliphatic rings. The van der Waals surface area contributed by atoms with Crippen molar-refractivity contribution in [1.29, 1.82) is 0 Å². The number of carbonyl (C=O) groups is 2. The molecule has 0 bridgehead atoms. The second-order valence-electron chi connectivity index (χ2n) is 3.74. The quantitative estimate of drug-likeness (QED) is 0.535. The van der Waals surface area contributed by atoms with E-state index in [0.29, 0.717) is 6.54 Å². The van der Waals surface area contributed by atoms with Crippen LogP contribution in [0.3, 0.4) is 0 Å². The van der Waals surface area contributed by atoms with Crippen LogP contribution in [0, 0.1) is 0 Å². The molecule has 5 nitrogen and oxygen atoms in total. The molecule has 0 spiro atoms. The zero-order valence-corrected chi connectivity index (χ0v) is 11.5. The summed E-state index contributed by atoms with van der Waals surface area (Å²) in [4.78, 5) is 24.6. The van der Waals surface area contributed by atoms with Gasteiger partial charge in [0, 0.05) is 6.54 Å². The Bertz CT molecular complexity index is 243. The van der Waals surface area contributed by atoms with Crippen LogP contribution in [0.25, 0.3) is 0 Å². The van der Waals surface area contributed by atoms with Gasteiger partial charge in [0.2, 0.25) is 5.91 Å². The molecule has 0 saturated heterocycles. The van der Waals surface area contributed by atoms with E-state index in [1.165, 1.54) is 6.92 Å². The van der Waals surface area contributed by atoms with E-state index < -0.39 is 17.3 Å². The number of amides is 3. The highest BCUT2D eigenvalue weighted by Crippen LogP contribution is 1.92. The Balaban J connectivity index is 3.61. The fourth-order valence-corrected chi connectivity index (χ4v) is 1.35. The number of hydrogen-bond acceptors (Lipinski definition) is 3. The van der Waals surface area contributed by atoms with Gasteiger partial charge in [0.15, 0.2) is 0 Å². The number of nitrogens with zero attached hydrogens (tertiary/aromatic N) is 1. The molecule has 0 aromatic heterocycles. The number of rotatable bonds is 7. The topological polar surface area (TPSA) is 61.4 Å². The molecule has 0 heterocycles. The zero-order chi connectivity index (χ0) is 13.3. The molecule has 1 unspecified atom stereocenters. The van der Waals surface area contributed by atoms with Crippen molar-refractivity contribution in [1.82, 2.24) is 15.5 Å². The summed E-state index contributed by atoms with van der Waals surface area (Å²) in [5.41, 5.74) is 0. The van der Waals surface area contributed by atoms with E-state index in [1.54, 1.807) is 0 Å². The van der Waals surface area contributed by atoms with E-state index in [1.807, 2.05) is 0 Å². The third kappa shape index (κ3) is 7.99. The molecule has 100 valence electrons. The number of imide groups is 1.